The maximum absolute atomic E-state index is 12.3. The molecule has 0 bridgehead atoms. The number of aryl methyl sites for hydroxylation is 1. The van der Waals surface area contributed by atoms with E-state index in [0.29, 0.717) is 12.5 Å². The quantitative estimate of drug-likeness (QED) is 0.709. The number of carbonyl (C=O) groups is 1. The van der Waals surface area contributed by atoms with E-state index in [2.05, 4.69) is 25.5 Å². The average molecular weight is 290 g/mol. The predicted octanol–water partition coefficient (Wildman–Crippen LogP) is 4.74. The summed E-state index contributed by atoms with van der Waals surface area (Å²) in [6.45, 7) is 8.50. The van der Waals surface area contributed by atoms with E-state index in [0.717, 1.165) is 30.0 Å². The first kappa shape index (κ1) is 16.3. The van der Waals surface area contributed by atoms with Gasteiger partial charge in [-0.25, -0.2) is 0 Å². The van der Waals surface area contributed by atoms with E-state index in [1.807, 2.05) is 6.92 Å². The molecule has 1 aromatic rings. The van der Waals surface area contributed by atoms with Crippen LogP contribution in [-0.4, -0.2) is 15.6 Å². The number of aromatic nitrogens is 2. The smallest absolute Gasteiger partial charge is 0.166 e. The van der Waals surface area contributed by atoms with Crippen LogP contribution in [0.25, 0.3) is 0 Å². The molecular weight excluding hydrogens is 260 g/mol. The first-order chi connectivity index (χ1) is 10.2. The fraction of sp³-hybridized carbons (Fsp3) is 0.778. The second-order valence-corrected chi connectivity index (χ2v) is 6.28. The summed E-state index contributed by atoms with van der Waals surface area (Å²) in [6, 6.07) is 0.506. The van der Waals surface area contributed by atoms with E-state index in [1.165, 1.54) is 37.8 Å². The van der Waals surface area contributed by atoms with Crippen molar-refractivity contribution in [2.45, 2.75) is 85.1 Å². The second kappa shape index (κ2) is 7.24. The molecule has 3 heteroatoms. The van der Waals surface area contributed by atoms with Gasteiger partial charge in [0.25, 0.3) is 0 Å². The van der Waals surface area contributed by atoms with Gasteiger partial charge in [-0.1, -0.05) is 34.1 Å². The third-order valence-corrected chi connectivity index (χ3v) is 5.09. The topological polar surface area (TPSA) is 34.9 Å². The summed E-state index contributed by atoms with van der Waals surface area (Å²) < 4.78 is 2.22. The van der Waals surface area contributed by atoms with Gasteiger partial charge in [-0.05, 0) is 44.4 Å². The van der Waals surface area contributed by atoms with Crippen molar-refractivity contribution in [3.05, 3.63) is 17.0 Å². The first-order valence-electron chi connectivity index (χ1n) is 8.79. The lowest BCUT2D eigenvalue weighted by Gasteiger charge is -2.29. The molecule has 0 N–H and O–H groups in total. The highest BCUT2D eigenvalue weighted by atomic mass is 16.1. The second-order valence-electron chi connectivity index (χ2n) is 6.28. The molecule has 1 aromatic heterocycles. The van der Waals surface area contributed by atoms with Crippen LogP contribution < -0.4 is 0 Å². The maximum atomic E-state index is 12.3. The SMILES string of the molecule is CCC(=O)c1c(CC)nn(C2CCC(CC)CC2)c1CC. The molecule has 1 aliphatic rings. The number of carbonyl (C=O) groups excluding carboxylic acids is 1. The molecule has 1 heterocycles. The molecule has 118 valence electrons. The predicted molar refractivity (Wildman–Crippen MR) is 86.9 cm³/mol. The van der Waals surface area contributed by atoms with E-state index in [4.69, 9.17) is 5.10 Å². The highest BCUT2D eigenvalue weighted by molar-refractivity contribution is 5.98. The van der Waals surface area contributed by atoms with E-state index in [-0.39, 0.29) is 5.78 Å². The summed E-state index contributed by atoms with van der Waals surface area (Å²) in [5.41, 5.74) is 3.12. The molecule has 0 amide bonds. The van der Waals surface area contributed by atoms with Crippen LogP contribution in [0.4, 0.5) is 0 Å². The molecule has 0 saturated heterocycles. The number of nitrogens with zero attached hydrogens (tertiary/aromatic N) is 2. The molecule has 3 nitrogen and oxygen atoms in total. The van der Waals surface area contributed by atoms with Crippen LogP contribution >= 0.6 is 0 Å². The van der Waals surface area contributed by atoms with Crippen molar-refractivity contribution in [2.24, 2.45) is 5.92 Å². The average Bonchev–Trinajstić information content (AvgIpc) is 2.92. The Morgan fingerprint density at radius 3 is 2.24 bits per heavy atom. The first-order valence-corrected chi connectivity index (χ1v) is 8.79. The summed E-state index contributed by atoms with van der Waals surface area (Å²) in [6.07, 6.45) is 8.69. The summed E-state index contributed by atoms with van der Waals surface area (Å²) in [4.78, 5) is 12.3. The zero-order valence-corrected chi connectivity index (χ0v) is 14.1. The maximum Gasteiger partial charge on any atom is 0.166 e. The van der Waals surface area contributed by atoms with Gasteiger partial charge < -0.3 is 0 Å². The van der Waals surface area contributed by atoms with Gasteiger partial charge in [-0.2, -0.15) is 5.10 Å². The molecule has 0 atom stereocenters. The monoisotopic (exact) mass is 290 g/mol. The van der Waals surface area contributed by atoms with Crippen LogP contribution in [0.1, 0.15) is 94.0 Å². The third kappa shape index (κ3) is 3.22. The minimum atomic E-state index is 0.261. The van der Waals surface area contributed by atoms with Gasteiger partial charge in [0.15, 0.2) is 5.78 Å². The van der Waals surface area contributed by atoms with Gasteiger partial charge in [0.1, 0.15) is 0 Å². The van der Waals surface area contributed by atoms with Crippen molar-refractivity contribution in [3.8, 4) is 0 Å². The van der Waals surface area contributed by atoms with E-state index >= 15 is 0 Å². The Morgan fingerprint density at radius 1 is 1.10 bits per heavy atom. The molecule has 0 aliphatic heterocycles. The number of hydrogen-bond donors (Lipinski definition) is 0. The Balaban J connectivity index is 2.31. The standard InChI is InChI=1S/C18H30N2O/c1-5-13-9-11-14(12-10-13)20-16(7-3)18(17(21)8-4)15(6-2)19-20/h13-14H,5-12H2,1-4H3. The number of ketones is 1. The third-order valence-electron chi connectivity index (χ3n) is 5.09. The van der Waals surface area contributed by atoms with Gasteiger partial charge in [-0.3, -0.25) is 9.48 Å². The Kier molecular flexibility index (Phi) is 5.60. The highest BCUT2D eigenvalue weighted by Gasteiger charge is 2.27. The lowest BCUT2D eigenvalue weighted by Crippen LogP contribution is -2.20. The molecule has 0 unspecified atom stereocenters. The Morgan fingerprint density at radius 2 is 1.76 bits per heavy atom. The lowest BCUT2D eigenvalue weighted by atomic mass is 9.84. The Bertz CT molecular complexity index is 482. The Labute approximate surface area is 129 Å². The van der Waals surface area contributed by atoms with Gasteiger partial charge in [0.05, 0.1) is 17.3 Å². The Hall–Kier alpha value is -1.12. The molecule has 1 fully saturated rings. The minimum Gasteiger partial charge on any atom is -0.294 e. The molecule has 1 aliphatic carbocycles. The van der Waals surface area contributed by atoms with Crippen LogP contribution in [-0.2, 0) is 12.8 Å². The molecule has 2 rings (SSSR count). The number of Topliss-reactive ketones (excluding diaryl/α,β-unsaturated/α-hetero) is 1. The normalized spacial score (nSPS) is 22.5. The highest BCUT2D eigenvalue weighted by Crippen LogP contribution is 2.35. The van der Waals surface area contributed by atoms with E-state index in [9.17, 15) is 4.79 Å². The zero-order chi connectivity index (χ0) is 15.4. The summed E-state index contributed by atoms with van der Waals surface area (Å²) in [5.74, 6) is 1.15. The van der Waals surface area contributed by atoms with Crippen molar-refractivity contribution in [1.29, 1.82) is 0 Å². The molecule has 0 aromatic carbocycles. The fourth-order valence-electron chi connectivity index (χ4n) is 3.71. The molecule has 21 heavy (non-hydrogen) atoms. The molecular formula is C18H30N2O. The molecule has 0 radical (unpaired) electrons. The van der Waals surface area contributed by atoms with E-state index < -0.39 is 0 Å². The summed E-state index contributed by atoms with van der Waals surface area (Å²) in [5, 5.41) is 4.84. The van der Waals surface area contributed by atoms with Crippen LogP contribution in [0.2, 0.25) is 0 Å². The van der Waals surface area contributed by atoms with Crippen LogP contribution in [0.3, 0.4) is 0 Å². The van der Waals surface area contributed by atoms with Crippen LogP contribution in [0.5, 0.6) is 0 Å². The molecule has 0 spiro atoms. The van der Waals surface area contributed by atoms with Crippen molar-refractivity contribution in [3.63, 3.8) is 0 Å². The fourth-order valence-corrected chi connectivity index (χ4v) is 3.71. The van der Waals surface area contributed by atoms with Crippen LogP contribution in [0, 0.1) is 5.92 Å². The number of rotatable bonds is 6. The molecule has 1 saturated carbocycles. The van der Waals surface area contributed by atoms with Crippen molar-refractivity contribution >= 4 is 5.78 Å². The largest absolute Gasteiger partial charge is 0.294 e. The summed E-state index contributed by atoms with van der Waals surface area (Å²) in [7, 11) is 0. The van der Waals surface area contributed by atoms with Gasteiger partial charge in [0, 0.05) is 12.1 Å². The van der Waals surface area contributed by atoms with Crippen LogP contribution in [0.15, 0.2) is 0 Å². The zero-order valence-electron chi connectivity index (χ0n) is 14.1. The summed E-state index contributed by atoms with van der Waals surface area (Å²) >= 11 is 0. The lowest BCUT2D eigenvalue weighted by molar-refractivity contribution is 0.0986. The van der Waals surface area contributed by atoms with E-state index in [1.54, 1.807) is 0 Å². The van der Waals surface area contributed by atoms with Crippen molar-refractivity contribution in [1.82, 2.24) is 9.78 Å². The van der Waals surface area contributed by atoms with Gasteiger partial charge >= 0.3 is 0 Å². The van der Waals surface area contributed by atoms with Crippen molar-refractivity contribution in [2.75, 3.05) is 0 Å². The minimum absolute atomic E-state index is 0.261. The number of hydrogen-bond acceptors (Lipinski definition) is 2. The van der Waals surface area contributed by atoms with Gasteiger partial charge in [-0.15, -0.1) is 0 Å². The van der Waals surface area contributed by atoms with Crippen molar-refractivity contribution < 1.29 is 4.79 Å². The van der Waals surface area contributed by atoms with Gasteiger partial charge in [0.2, 0.25) is 0 Å².